The number of phenols is 5. The minimum Gasteiger partial charge on any atom is -0.508 e. The van der Waals surface area contributed by atoms with E-state index in [1.54, 1.807) is 72.8 Å². The number of phenolic OH excluding ortho intramolecular Hbond substituents is 5. The first-order valence-electron chi connectivity index (χ1n) is 10.7. The van der Waals surface area contributed by atoms with Crippen LogP contribution in [-0.2, 0) is 0 Å². The van der Waals surface area contributed by atoms with Gasteiger partial charge in [-0.3, -0.25) is 0 Å². The van der Waals surface area contributed by atoms with Gasteiger partial charge in [0.05, 0.1) is 5.92 Å². The van der Waals surface area contributed by atoms with Crippen molar-refractivity contribution in [1.82, 2.24) is 0 Å². The fraction of sp³-hybridized carbons (Fsp3) is 0.0714. The molecular weight excluding hydrogens is 432 g/mol. The third kappa shape index (κ3) is 4.09. The molecule has 0 saturated heterocycles. The largest absolute Gasteiger partial charge is 0.508 e. The van der Waals surface area contributed by atoms with Gasteiger partial charge in [-0.1, -0.05) is 36.4 Å². The minimum absolute atomic E-state index is 0.0352. The topological polar surface area (TPSA) is 110 Å². The highest BCUT2D eigenvalue weighted by molar-refractivity contribution is 5.75. The molecule has 0 fully saturated rings. The van der Waals surface area contributed by atoms with Gasteiger partial charge in [0, 0.05) is 17.7 Å². The predicted molar refractivity (Wildman–Crippen MR) is 128 cm³/mol. The Morgan fingerprint density at radius 3 is 1.79 bits per heavy atom. The van der Waals surface area contributed by atoms with E-state index in [0.29, 0.717) is 16.9 Å². The quantitative estimate of drug-likeness (QED) is 0.255. The van der Waals surface area contributed by atoms with E-state index in [1.807, 2.05) is 12.2 Å². The van der Waals surface area contributed by atoms with Crippen molar-refractivity contribution < 1.29 is 30.3 Å². The minimum atomic E-state index is -0.528. The molecule has 34 heavy (non-hydrogen) atoms. The summed E-state index contributed by atoms with van der Waals surface area (Å²) in [5.74, 6) is 0.243. The Balaban J connectivity index is 1.67. The van der Waals surface area contributed by atoms with Crippen LogP contribution >= 0.6 is 0 Å². The highest BCUT2D eigenvalue weighted by Crippen LogP contribution is 2.53. The van der Waals surface area contributed by atoms with E-state index in [4.69, 9.17) is 4.74 Å². The van der Waals surface area contributed by atoms with Crippen LogP contribution in [0.2, 0.25) is 0 Å². The predicted octanol–water partition coefficient (Wildman–Crippen LogP) is 5.65. The first-order valence-corrected chi connectivity index (χ1v) is 10.7. The van der Waals surface area contributed by atoms with Crippen molar-refractivity contribution in [3.05, 3.63) is 107 Å². The van der Waals surface area contributed by atoms with E-state index in [2.05, 4.69) is 0 Å². The Labute approximate surface area is 195 Å². The molecule has 0 amide bonds. The van der Waals surface area contributed by atoms with Crippen LogP contribution in [0.25, 0.3) is 12.2 Å². The van der Waals surface area contributed by atoms with Gasteiger partial charge in [0.2, 0.25) is 0 Å². The highest BCUT2D eigenvalue weighted by Gasteiger charge is 2.39. The van der Waals surface area contributed by atoms with Crippen LogP contribution in [0.1, 0.15) is 39.8 Å². The molecule has 6 heteroatoms. The van der Waals surface area contributed by atoms with E-state index in [1.165, 1.54) is 6.07 Å². The number of rotatable bonds is 4. The molecule has 1 aliphatic heterocycles. The summed E-state index contributed by atoms with van der Waals surface area (Å²) in [5, 5.41) is 50.0. The molecule has 5 rings (SSSR count). The van der Waals surface area contributed by atoms with Crippen molar-refractivity contribution in [1.29, 1.82) is 0 Å². The molecule has 0 spiro atoms. The summed E-state index contributed by atoms with van der Waals surface area (Å²) < 4.78 is 6.30. The van der Waals surface area contributed by atoms with Crippen LogP contribution in [0, 0.1) is 0 Å². The van der Waals surface area contributed by atoms with Crippen molar-refractivity contribution in [2.75, 3.05) is 0 Å². The van der Waals surface area contributed by atoms with E-state index in [9.17, 15) is 25.5 Å². The van der Waals surface area contributed by atoms with Gasteiger partial charge < -0.3 is 30.3 Å². The van der Waals surface area contributed by atoms with Crippen LogP contribution in [0.5, 0.6) is 34.5 Å². The number of benzene rings is 4. The van der Waals surface area contributed by atoms with Crippen molar-refractivity contribution in [3.63, 3.8) is 0 Å². The maximum atomic E-state index is 10.4. The molecule has 4 aromatic carbocycles. The molecule has 0 radical (unpaired) electrons. The van der Waals surface area contributed by atoms with Crippen molar-refractivity contribution in [3.8, 4) is 34.5 Å². The Morgan fingerprint density at radius 1 is 0.559 bits per heavy atom. The van der Waals surface area contributed by atoms with Crippen LogP contribution in [0.15, 0.2) is 78.9 Å². The normalized spacial score (nSPS) is 16.9. The van der Waals surface area contributed by atoms with Crippen LogP contribution in [0.3, 0.4) is 0 Å². The Bertz CT molecular complexity index is 1350. The molecule has 0 aromatic heterocycles. The summed E-state index contributed by atoms with van der Waals surface area (Å²) >= 11 is 0. The molecule has 6 nitrogen and oxygen atoms in total. The first kappa shape index (κ1) is 21.3. The van der Waals surface area contributed by atoms with Gasteiger partial charge in [0.15, 0.2) is 0 Å². The monoisotopic (exact) mass is 454 g/mol. The highest BCUT2D eigenvalue weighted by atomic mass is 16.5. The molecule has 1 heterocycles. The van der Waals surface area contributed by atoms with Crippen molar-refractivity contribution in [2.45, 2.75) is 12.0 Å². The lowest BCUT2D eigenvalue weighted by Crippen LogP contribution is -2.11. The molecule has 0 bridgehead atoms. The molecule has 4 aromatic rings. The number of hydrogen-bond acceptors (Lipinski definition) is 6. The molecule has 170 valence electrons. The number of aromatic hydroxyl groups is 5. The average molecular weight is 454 g/mol. The van der Waals surface area contributed by atoms with E-state index in [0.717, 1.165) is 16.7 Å². The van der Waals surface area contributed by atoms with E-state index < -0.39 is 12.0 Å². The van der Waals surface area contributed by atoms with Crippen LogP contribution < -0.4 is 4.74 Å². The maximum absolute atomic E-state index is 10.4. The lowest BCUT2D eigenvalue weighted by atomic mass is 9.82. The number of fused-ring (bicyclic) bond motifs is 1. The molecule has 5 N–H and O–H groups in total. The molecular formula is C28H22O6. The second kappa shape index (κ2) is 8.41. The van der Waals surface area contributed by atoms with Gasteiger partial charge in [-0.25, -0.2) is 0 Å². The number of hydrogen-bond donors (Lipinski definition) is 5. The van der Waals surface area contributed by atoms with Gasteiger partial charge >= 0.3 is 0 Å². The van der Waals surface area contributed by atoms with Crippen LogP contribution in [-0.4, -0.2) is 25.5 Å². The second-order valence-corrected chi connectivity index (χ2v) is 8.26. The standard InChI is InChI=1S/C28H22O6/c29-20-7-2-16(3-8-20)1-4-18-11-24(33)15-25-26(18)27(19-12-22(31)14-23(32)13-19)28(34-25)17-5-9-21(30)10-6-17/h1-15,27-33H/b4-1-/t27-,28+/m0/s1. The van der Waals surface area contributed by atoms with Gasteiger partial charge in [0.25, 0.3) is 0 Å². The first-order chi connectivity index (χ1) is 16.4. The Morgan fingerprint density at radius 2 is 1.15 bits per heavy atom. The zero-order valence-corrected chi connectivity index (χ0v) is 18.0. The van der Waals surface area contributed by atoms with Gasteiger partial charge in [0.1, 0.15) is 40.6 Å². The molecule has 0 aliphatic carbocycles. The summed E-state index contributed by atoms with van der Waals surface area (Å²) in [6.45, 7) is 0. The van der Waals surface area contributed by atoms with Gasteiger partial charge in [-0.15, -0.1) is 0 Å². The van der Waals surface area contributed by atoms with Crippen LogP contribution in [0.4, 0.5) is 0 Å². The molecule has 2 atom stereocenters. The van der Waals surface area contributed by atoms with E-state index >= 15 is 0 Å². The summed E-state index contributed by atoms with van der Waals surface area (Å²) in [4.78, 5) is 0. The second-order valence-electron chi connectivity index (χ2n) is 8.26. The van der Waals surface area contributed by atoms with Gasteiger partial charge in [-0.2, -0.15) is 0 Å². The van der Waals surface area contributed by atoms with E-state index in [-0.39, 0.29) is 28.7 Å². The summed E-state index contributed by atoms with van der Waals surface area (Å²) in [6, 6.07) is 21.0. The molecule has 1 aliphatic rings. The molecule has 0 saturated carbocycles. The SMILES string of the molecule is Oc1ccc(/C=C\c2cc(O)cc3c2[C@H](c2cc(O)cc(O)c2)[C@@H](c2ccc(O)cc2)O3)cc1. The average Bonchev–Trinajstić information content (AvgIpc) is 3.17. The smallest absolute Gasteiger partial charge is 0.135 e. The fourth-order valence-corrected chi connectivity index (χ4v) is 4.39. The Hall–Kier alpha value is -4.58. The summed E-state index contributed by atoms with van der Waals surface area (Å²) in [7, 11) is 0. The third-order valence-corrected chi connectivity index (χ3v) is 5.88. The maximum Gasteiger partial charge on any atom is 0.135 e. The summed E-state index contributed by atoms with van der Waals surface area (Å²) in [6.07, 6.45) is 3.18. The Kier molecular flexibility index (Phi) is 5.26. The number of ether oxygens (including phenoxy) is 1. The molecule has 0 unspecified atom stereocenters. The lowest BCUT2D eigenvalue weighted by molar-refractivity contribution is 0.221. The van der Waals surface area contributed by atoms with Gasteiger partial charge in [-0.05, 0) is 64.7 Å². The van der Waals surface area contributed by atoms with Crippen molar-refractivity contribution >= 4 is 12.2 Å². The fourth-order valence-electron chi connectivity index (χ4n) is 4.39. The summed E-state index contributed by atoms with van der Waals surface area (Å²) in [5.41, 5.74) is 3.78. The van der Waals surface area contributed by atoms with Crippen molar-refractivity contribution in [2.24, 2.45) is 0 Å². The zero-order chi connectivity index (χ0) is 23.8. The third-order valence-electron chi connectivity index (χ3n) is 5.88. The zero-order valence-electron chi connectivity index (χ0n) is 18.0. The lowest BCUT2D eigenvalue weighted by Gasteiger charge is -2.21.